The van der Waals surface area contributed by atoms with Crippen molar-refractivity contribution >= 4 is 27.6 Å². The molecule has 9 heteroatoms. The molecule has 1 aliphatic heterocycles. The number of benzene rings is 1. The molecule has 1 aliphatic rings. The van der Waals surface area contributed by atoms with Gasteiger partial charge in [-0.05, 0) is 36.5 Å². The molecule has 0 spiro atoms. The first-order valence-corrected chi connectivity index (χ1v) is 10.9. The monoisotopic (exact) mass is 425 g/mol. The normalized spacial score (nSPS) is 20.9. The number of ether oxygens (including phenoxy) is 1. The van der Waals surface area contributed by atoms with Crippen molar-refractivity contribution in [1.82, 2.24) is 13.9 Å². The van der Waals surface area contributed by atoms with E-state index in [-0.39, 0.29) is 17.1 Å². The first-order chi connectivity index (χ1) is 13.2. The summed E-state index contributed by atoms with van der Waals surface area (Å²) in [5.74, 6) is 0.488. The van der Waals surface area contributed by atoms with Crippen LogP contribution in [-0.2, 0) is 28.4 Å². The Morgan fingerprint density at radius 1 is 1.29 bits per heavy atom. The standard InChI is InChI=1S/C19H24ClN3O4S/c1-13-7-14(2)11-23(10-13)28(25,26)16-6-4-5-15(8-16)19(24)27-12-18-21-9-17(20)22(18)3/h4-6,8-9,13-14H,7,10-12H2,1-3H3/t13-,14-/m1/s1. The molecule has 28 heavy (non-hydrogen) atoms. The lowest BCUT2D eigenvalue weighted by Gasteiger charge is -2.34. The molecule has 0 amide bonds. The van der Waals surface area contributed by atoms with Crippen LogP contribution in [0.25, 0.3) is 0 Å². The van der Waals surface area contributed by atoms with Crippen molar-refractivity contribution in [2.24, 2.45) is 18.9 Å². The number of imidazole rings is 1. The molecule has 2 atom stereocenters. The molecule has 7 nitrogen and oxygen atoms in total. The average molecular weight is 426 g/mol. The summed E-state index contributed by atoms with van der Waals surface area (Å²) >= 11 is 5.92. The maximum atomic E-state index is 13.0. The smallest absolute Gasteiger partial charge is 0.338 e. The van der Waals surface area contributed by atoms with Gasteiger partial charge in [0.15, 0.2) is 0 Å². The van der Waals surface area contributed by atoms with Gasteiger partial charge in [0, 0.05) is 20.1 Å². The zero-order chi connectivity index (χ0) is 20.5. The van der Waals surface area contributed by atoms with E-state index in [9.17, 15) is 13.2 Å². The summed E-state index contributed by atoms with van der Waals surface area (Å²) in [5.41, 5.74) is 0.180. The van der Waals surface area contributed by atoms with Gasteiger partial charge in [0.25, 0.3) is 0 Å². The Morgan fingerprint density at radius 3 is 2.57 bits per heavy atom. The van der Waals surface area contributed by atoms with Gasteiger partial charge in [0.2, 0.25) is 10.0 Å². The number of sulfonamides is 1. The highest BCUT2D eigenvalue weighted by Gasteiger charge is 2.32. The lowest BCUT2D eigenvalue weighted by Crippen LogP contribution is -2.42. The largest absolute Gasteiger partial charge is 0.454 e. The lowest BCUT2D eigenvalue weighted by atomic mass is 9.94. The van der Waals surface area contributed by atoms with E-state index in [0.29, 0.717) is 35.9 Å². The second-order valence-electron chi connectivity index (χ2n) is 7.43. The van der Waals surface area contributed by atoms with Crippen LogP contribution in [0.5, 0.6) is 0 Å². The van der Waals surface area contributed by atoms with Crippen LogP contribution in [0, 0.1) is 11.8 Å². The number of aromatic nitrogens is 2. The summed E-state index contributed by atoms with van der Waals surface area (Å²) in [7, 11) is -1.95. The van der Waals surface area contributed by atoms with Crippen LogP contribution in [0.15, 0.2) is 35.4 Å². The van der Waals surface area contributed by atoms with Gasteiger partial charge in [-0.25, -0.2) is 18.2 Å². The molecule has 1 fully saturated rings. The summed E-state index contributed by atoms with van der Waals surface area (Å²) in [5, 5.41) is 0.434. The number of carbonyl (C=O) groups is 1. The second-order valence-corrected chi connectivity index (χ2v) is 9.75. The van der Waals surface area contributed by atoms with Gasteiger partial charge in [0.1, 0.15) is 17.6 Å². The summed E-state index contributed by atoms with van der Waals surface area (Å²) in [6.45, 7) is 5.02. The zero-order valence-corrected chi connectivity index (χ0v) is 17.7. The van der Waals surface area contributed by atoms with Crippen LogP contribution in [0.3, 0.4) is 0 Å². The Morgan fingerprint density at radius 2 is 1.96 bits per heavy atom. The van der Waals surface area contributed by atoms with Gasteiger partial charge in [-0.1, -0.05) is 31.5 Å². The van der Waals surface area contributed by atoms with E-state index in [1.165, 1.54) is 28.7 Å². The van der Waals surface area contributed by atoms with E-state index >= 15 is 0 Å². The SMILES string of the molecule is C[C@@H]1C[C@@H](C)CN(S(=O)(=O)c2cccc(C(=O)OCc3ncc(Cl)n3C)c2)C1. The van der Waals surface area contributed by atoms with Crippen LogP contribution >= 0.6 is 11.6 Å². The molecule has 152 valence electrons. The molecule has 1 saturated heterocycles. The third kappa shape index (κ3) is 4.39. The van der Waals surface area contributed by atoms with Crippen molar-refractivity contribution in [1.29, 1.82) is 0 Å². The number of hydrogen-bond donors (Lipinski definition) is 0. The van der Waals surface area contributed by atoms with Crippen LogP contribution in [0.4, 0.5) is 0 Å². The molecule has 0 aliphatic carbocycles. The van der Waals surface area contributed by atoms with Crippen LogP contribution in [-0.4, -0.2) is 41.3 Å². The first-order valence-electron chi connectivity index (χ1n) is 9.12. The average Bonchev–Trinajstić information content (AvgIpc) is 2.97. The Labute approximate surface area is 170 Å². The first kappa shape index (κ1) is 20.8. The molecule has 0 saturated carbocycles. The number of carbonyl (C=O) groups excluding carboxylic acids is 1. The third-order valence-corrected chi connectivity index (χ3v) is 7.08. The van der Waals surface area contributed by atoms with Crippen molar-refractivity contribution in [2.45, 2.75) is 31.8 Å². The molecule has 0 unspecified atom stereocenters. The van der Waals surface area contributed by atoms with Gasteiger partial charge in [-0.3, -0.25) is 0 Å². The quantitative estimate of drug-likeness (QED) is 0.687. The number of rotatable bonds is 5. The van der Waals surface area contributed by atoms with Gasteiger partial charge in [-0.15, -0.1) is 0 Å². The van der Waals surface area contributed by atoms with Crippen LogP contribution < -0.4 is 0 Å². The van der Waals surface area contributed by atoms with E-state index in [1.54, 1.807) is 17.7 Å². The summed E-state index contributed by atoms with van der Waals surface area (Å²) in [6.07, 6.45) is 2.48. The number of piperidine rings is 1. The van der Waals surface area contributed by atoms with E-state index in [4.69, 9.17) is 16.3 Å². The summed E-state index contributed by atoms with van der Waals surface area (Å²) in [4.78, 5) is 16.6. The van der Waals surface area contributed by atoms with Crippen LogP contribution in [0.1, 0.15) is 36.5 Å². The number of esters is 1. The number of nitrogens with zero attached hydrogens (tertiary/aromatic N) is 3. The third-order valence-electron chi connectivity index (χ3n) is 4.90. The van der Waals surface area contributed by atoms with Crippen molar-refractivity contribution in [2.75, 3.05) is 13.1 Å². The molecular weight excluding hydrogens is 402 g/mol. The Bertz CT molecular complexity index is 963. The van der Waals surface area contributed by atoms with E-state index in [1.807, 2.05) is 0 Å². The molecule has 2 heterocycles. The van der Waals surface area contributed by atoms with Gasteiger partial charge >= 0.3 is 5.97 Å². The highest BCUT2D eigenvalue weighted by atomic mass is 35.5. The molecule has 0 N–H and O–H groups in total. The van der Waals surface area contributed by atoms with Crippen molar-refractivity contribution < 1.29 is 17.9 Å². The highest BCUT2D eigenvalue weighted by molar-refractivity contribution is 7.89. The number of halogens is 1. The minimum Gasteiger partial charge on any atom is -0.454 e. The molecule has 1 aromatic heterocycles. The van der Waals surface area contributed by atoms with Gasteiger partial charge in [0.05, 0.1) is 16.7 Å². The van der Waals surface area contributed by atoms with E-state index in [0.717, 1.165) is 6.42 Å². The fraction of sp³-hybridized carbons (Fsp3) is 0.474. The molecule has 2 aromatic rings. The molecule has 1 aromatic carbocycles. The Hall–Kier alpha value is -1.90. The minimum absolute atomic E-state index is 0.0554. The molecule has 3 rings (SSSR count). The molecular formula is C19H24ClN3O4S. The predicted octanol–water partition coefficient (Wildman–Crippen LogP) is 3.10. The van der Waals surface area contributed by atoms with Crippen molar-refractivity contribution in [3.63, 3.8) is 0 Å². The molecule has 0 bridgehead atoms. The Kier molecular flexibility index (Phi) is 6.12. The molecule has 0 radical (unpaired) electrons. The minimum atomic E-state index is -3.66. The Balaban J connectivity index is 1.75. The van der Waals surface area contributed by atoms with Gasteiger partial charge < -0.3 is 9.30 Å². The number of hydrogen-bond acceptors (Lipinski definition) is 5. The van der Waals surface area contributed by atoms with Gasteiger partial charge in [-0.2, -0.15) is 4.31 Å². The topological polar surface area (TPSA) is 81.5 Å². The fourth-order valence-corrected chi connectivity index (χ4v) is 5.38. The van der Waals surface area contributed by atoms with E-state index in [2.05, 4.69) is 18.8 Å². The van der Waals surface area contributed by atoms with Crippen molar-refractivity contribution in [3.8, 4) is 0 Å². The van der Waals surface area contributed by atoms with Crippen LogP contribution in [0.2, 0.25) is 5.15 Å². The second kappa shape index (κ2) is 8.23. The predicted molar refractivity (Wildman–Crippen MR) is 105 cm³/mol. The highest BCUT2D eigenvalue weighted by Crippen LogP contribution is 2.27. The van der Waals surface area contributed by atoms with Crippen molar-refractivity contribution in [3.05, 3.63) is 47.0 Å². The maximum Gasteiger partial charge on any atom is 0.338 e. The fourth-order valence-electron chi connectivity index (χ4n) is 3.51. The summed E-state index contributed by atoms with van der Waals surface area (Å²) < 4.78 is 34.4. The summed E-state index contributed by atoms with van der Waals surface area (Å²) in [6, 6.07) is 5.97. The van der Waals surface area contributed by atoms with E-state index < -0.39 is 16.0 Å². The lowest BCUT2D eigenvalue weighted by molar-refractivity contribution is 0.0459. The zero-order valence-electron chi connectivity index (χ0n) is 16.1. The maximum absolute atomic E-state index is 13.0.